The molecular formula is C24H30FN3O4S. The molecule has 2 heterocycles. The van der Waals surface area contributed by atoms with E-state index < -0.39 is 21.4 Å². The molecule has 1 amide bonds. The summed E-state index contributed by atoms with van der Waals surface area (Å²) in [5.41, 5.74) is 0.803. The molecule has 0 spiro atoms. The van der Waals surface area contributed by atoms with Crippen LogP contribution >= 0.6 is 0 Å². The van der Waals surface area contributed by atoms with E-state index >= 15 is 0 Å². The first-order valence-electron chi connectivity index (χ1n) is 11.8. The molecule has 2 aromatic rings. The van der Waals surface area contributed by atoms with Crippen LogP contribution in [0.3, 0.4) is 0 Å². The highest BCUT2D eigenvalue weighted by atomic mass is 32.2. The van der Waals surface area contributed by atoms with Crippen molar-refractivity contribution in [2.24, 2.45) is 11.8 Å². The molecule has 1 atom stereocenters. The molecule has 1 aromatic carbocycles. The van der Waals surface area contributed by atoms with Gasteiger partial charge in [-0.25, -0.2) is 17.8 Å². The normalized spacial score (nSPS) is 20.8. The van der Waals surface area contributed by atoms with Crippen molar-refractivity contribution in [2.75, 3.05) is 13.2 Å². The molecule has 0 radical (unpaired) electrons. The molecule has 1 aliphatic heterocycles. The molecular weight excluding hydrogens is 445 g/mol. The second-order valence-corrected chi connectivity index (χ2v) is 11.4. The third kappa shape index (κ3) is 5.30. The van der Waals surface area contributed by atoms with Crippen LogP contribution < -0.4 is 0 Å². The van der Waals surface area contributed by atoms with Crippen LogP contribution in [-0.2, 0) is 38.2 Å². The van der Waals surface area contributed by atoms with Gasteiger partial charge in [0.05, 0.1) is 36.8 Å². The molecule has 1 aromatic heterocycles. The number of hydrogen-bond acceptors (Lipinski definition) is 5. The number of rotatable bonds is 10. The largest absolute Gasteiger partial charge is 0.376 e. The van der Waals surface area contributed by atoms with Gasteiger partial charge in [0, 0.05) is 24.6 Å². The molecule has 0 bridgehead atoms. The van der Waals surface area contributed by atoms with Crippen molar-refractivity contribution in [1.29, 1.82) is 0 Å². The number of carbonyl (C=O) groups is 1. The second kappa shape index (κ2) is 9.18. The van der Waals surface area contributed by atoms with Gasteiger partial charge in [0.25, 0.3) is 0 Å². The predicted octanol–water partition coefficient (Wildman–Crippen LogP) is 3.32. The molecule has 3 aliphatic rings. The van der Waals surface area contributed by atoms with E-state index in [1.54, 1.807) is 16.8 Å². The van der Waals surface area contributed by atoms with Gasteiger partial charge in [-0.05, 0) is 50.5 Å². The summed E-state index contributed by atoms with van der Waals surface area (Å²) in [5, 5.41) is -0.0819. The van der Waals surface area contributed by atoms with E-state index in [0.717, 1.165) is 38.5 Å². The summed E-state index contributed by atoms with van der Waals surface area (Å²) >= 11 is 0. The van der Waals surface area contributed by atoms with Crippen molar-refractivity contribution in [1.82, 2.24) is 14.5 Å². The summed E-state index contributed by atoms with van der Waals surface area (Å²) in [6.07, 6.45) is 7.35. The standard InChI is InChI=1S/C24H30FN3O4S/c25-22-6-2-1-4-19(22)16-33(30,31)24-26-12-20(28(24)15-21-5-3-11-32-21)14-27(13-17-7-8-17)23(29)18-9-10-18/h1-2,4,6,12,17-18,21H,3,5,7-11,13-16H2/t21-/m1/s1. The zero-order valence-corrected chi connectivity index (χ0v) is 19.5. The van der Waals surface area contributed by atoms with Crippen LogP contribution in [-0.4, -0.2) is 48.0 Å². The van der Waals surface area contributed by atoms with Crippen molar-refractivity contribution in [2.45, 2.75) is 68.6 Å². The number of carbonyl (C=O) groups excluding carboxylic acids is 1. The summed E-state index contributed by atoms with van der Waals surface area (Å²) in [5.74, 6) is -0.227. The van der Waals surface area contributed by atoms with Gasteiger partial charge in [-0.2, -0.15) is 0 Å². The molecule has 178 valence electrons. The fourth-order valence-corrected chi connectivity index (χ4v) is 5.98. The van der Waals surface area contributed by atoms with Crippen molar-refractivity contribution in [3.05, 3.63) is 47.5 Å². The molecule has 9 heteroatoms. The SMILES string of the molecule is O=C(C1CC1)N(Cc1cnc(S(=O)(=O)Cc2ccccc2F)n1C[C@H]1CCCO1)CC1CC1. The number of hydrogen-bond donors (Lipinski definition) is 0. The van der Waals surface area contributed by atoms with Crippen LogP contribution in [0.2, 0.25) is 0 Å². The van der Waals surface area contributed by atoms with E-state index in [4.69, 9.17) is 4.74 Å². The first-order valence-corrected chi connectivity index (χ1v) is 13.5. The highest BCUT2D eigenvalue weighted by Crippen LogP contribution is 2.35. The number of ether oxygens (including phenoxy) is 1. The third-order valence-corrected chi connectivity index (χ3v) is 8.23. The second-order valence-electron chi connectivity index (χ2n) is 9.56. The Morgan fingerprint density at radius 1 is 1.18 bits per heavy atom. The van der Waals surface area contributed by atoms with Crippen LogP contribution in [0.4, 0.5) is 4.39 Å². The van der Waals surface area contributed by atoms with Gasteiger partial charge in [-0.1, -0.05) is 18.2 Å². The number of nitrogens with zero attached hydrogens (tertiary/aromatic N) is 3. The molecule has 2 saturated carbocycles. The summed E-state index contributed by atoms with van der Waals surface area (Å²) < 4.78 is 48.3. The van der Waals surface area contributed by atoms with Gasteiger partial charge in [0.1, 0.15) is 5.82 Å². The topological polar surface area (TPSA) is 81.5 Å². The van der Waals surface area contributed by atoms with Crippen molar-refractivity contribution >= 4 is 15.7 Å². The number of aromatic nitrogens is 2. The molecule has 1 saturated heterocycles. The average Bonchev–Trinajstić information content (AvgIpc) is 3.71. The highest BCUT2D eigenvalue weighted by molar-refractivity contribution is 7.90. The summed E-state index contributed by atoms with van der Waals surface area (Å²) in [6.45, 7) is 2.05. The molecule has 5 rings (SSSR count). The Bertz CT molecular complexity index is 1120. The Morgan fingerprint density at radius 2 is 1.97 bits per heavy atom. The van der Waals surface area contributed by atoms with Gasteiger partial charge in [-0.15, -0.1) is 0 Å². The van der Waals surface area contributed by atoms with E-state index in [2.05, 4.69) is 4.98 Å². The molecule has 7 nitrogen and oxygen atoms in total. The van der Waals surface area contributed by atoms with E-state index in [0.29, 0.717) is 37.9 Å². The van der Waals surface area contributed by atoms with E-state index in [1.165, 1.54) is 18.2 Å². The quantitative estimate of drug-likeness (QED) is 0.527. The zero-order chi connectivity index (χ0) is 23.0. The minimum Gasteiger partial charge on any atom is -0.376 e. The van der Waals surface area contributed by atoms with Gasteiger partial charge < -0.3 is 14.2 Å². The third-order valence-electron chi connectivity index (χ3n) is 6.66. The minimum atomic E-state index is -3.91. The van der Waals surface area contributed by atoms with Crippen LogP contribution in [0.5, 0.6) is 0 Å². The van der Waals surface area contributed by atoms with Gasteiger partial charge in [0.15, 0.2) is 0 Å². The highest BCUT2D eigenvalue weighted by Gasteiger charge is 2.37. The van der Waals surface area contributed by atoms with Gasteiger partial charge in [-0.3, -0.25) is 4.79 Å². The maximum atomic E-state index is 14.2. The van der Waals surface area contributed by atoms with E-state index in [1.807, 2.05) is 4.90 Å². The maximum absolute atomic E-state index is 14.2. The smallest absolute Gasteiger partial charge is 0.228 e. The lowest BCUT2D eigenvalue weighted by atomic mass is 10.2. The Morgan fingerprint density at radius 3 is 2.64 bits per heavy atom. The maximum Gasteiger partial charge on any atom is 0.228 e. The monoisotopic (exact) mass is 475 g/mol. The molecule has 3 fully saturated rings. The van der Waals surface area contributed by atoms with Crippen LogP contribution in [0.15, 0.2) is 35.6 Å². The van der Waals surface area contributed by atoms with Gasteiger partial charge >= 0.3 is 0 Å². The number of imidazole rings is 1. The minimum absolute atomic E-state index is 0.0819. The van der Waals surface area contributed by atoms with Crippen molar-refractivity contribution in [3.63, 3.8) is 0 Å². The zero-order valence-electron chi connectivity index (χ0n) is 18.7. The van der Waals surface area contributed by atoms with E-state index in [-0.39, 0.29) is 28.6 Å². The Kier molecular flexibility index (Phi) is 6.26. The number of benzene rings is 1. The van der Waals surface area contributed by atoms with Crippen LogP contribution in [0, 0.1) is 17.7 Å². The first-order chi connectivity index (χ1) is 15.9. The Balaban J connectivity index is 1.44. The number of halogens is 1. The summed E-state index contributed by atoms with van der Waals surface area (Å²) in [6, 6.07) is 5.89. The van der Waals surface area contributed by atoms with Crippen LogP contribution in [0.25, 0.3) is 0 Å². The Hall–Kier alpha value is -2.26. The lowest BCUT2D eigenvalue weighted by molar-refractivity contribution is -0.133. The first kappa shape index (κ1) is 22.5. The molecule has 0 unspecified atom stereocenters. The Labute approximate surface area is 193 Å². The summed E-state index contributed by atoms with van der Waals surface area (Å²) in [7, 11) is -3.91. The molecule has 33 heavy (non-hydrogen) atoms. The molecule has 0 N–H and O–H groups in total. The lowest BCUT2D eigenvalue weighted by Gasteiger charge is -2.24. The van der Waals surface area contributed by atoms with Crippen molar-refractivity contribution in [3.8, 4) is 0 Å². The van der Waals surface area contributed by atoms with Crippen LogP contribution in [0.1, 0.15) is 49.8 Å². The van der Waals surface area contributed by atoms with E-state index in [9.17, 15) is 17.6 Å². The number of sulfone groups is 1. The lowest BCUT2D eigenvalue weighted by Crippen LogP contribution is -2.35. The van der Waals surface area contributed by atoms with Gasteiger partial charge in [0.2, 0.25) is 20.9 Å². The summed E-state index contributed by atoms with van der Waals surface area (Å²) in [4.78, 5) is 19.1. The number of amides is 1. The predicted molar refractivity (Wildman–Crippen MR) is 119 cm³/mol. The fourth-order valence-electron chi connectivity index (χ4n) is 4.47. The fraction of sp³-hybridized carbons (Fsp3) is 0.583. The average molecular weight is 476 g/mol. The molecule has 2 aliphatic carbocycles. The van der Waals surface area contributed by atoms with Crippen molar-refractivity contribution < 1.29 is 22.3 Å².